The Balaban J connectivity index is 0.715. The van der Waals surface area contributed by atoms with Crippen LogP contribution in [0.3, 0.4) is 0 Å². The van der Waals surface area contributed by atoms with Gasteiger partial charge in [0.25, 0.3) is 23.3 Å². The van der Waals surface area contributed by atoms with Crippen molar-refractivity contribution >= 4 is 75.2 Å². The molecular weight excluding hydrogens is 868 g/mol. The molecule has 0 spiro atoms. The maximum Gasteiger partial charge on any atom is 0.293 e. The molecule has 3 atom stereocenters. The largest absolute Gasteiger partial charge is 0.478 e. The van der Waals surface area contributed by atoms with Crippen molar-refractivity contribution in [3.8, 4) is 5.75 Å². The van der Waals surface area contributed by atoms with Crippen LogP contribution >= 0.6 is 11.6 Å². The molecule has 66 heavy (non-hydrogen) atoms. The third kappa shape index (κ3) is 8.12. The fourth-order valence-corrected chi connectivity index (χ4v) is 10.8. The van der Waals surface area contributed by atoms with Crippen LogP contribution in [0.25, 0.3) is 10.9 Å². The number of likely N-dealkylation sites (N-methyl/N-ethyl adjacent to an activating group) is 1. The number of carbonyl (C=O) groups is 5. The summed E-state index contributed by atoms with van der Waals surface area (Å²) in [4.78, 5) is 93.8. The zero-order valence-corrected chi connectivity index (χ0v) is 37.9. The van der Waals surface area contributed by atoms with Gasteiger partial charge in [0.15, 0.2) is 18.2 Å². The molecule has 5 fully saturated rings. The molecule has 10 rings (SSSR count). The molecule has 6 aliphatic rings. The Kier molecular flexibility index (Phi) is 11.7. The first kappa shape index (κ1) is 43.8. The molecule has 346 valence electrons. The Hall–Kier alpha value is -6.11. The highest BCUT2D eigenvalue weighted by molar-refractivity contribution is 6.33. The third-order valence-corrected chi connectivity index (χ3v) is 14.4. The normalized spacial score (nSPS) is 24.5. The van der Waals surface area contributed by atoms with E-state index in [9.17, 15) is 28.8 Å². The lowest BCUT2D eigenvalue weighted by molar-refractivity contribution is -0.136. The van der Waals surface area contributed by atoms with E-state index < -0.39 is 29.7 Å². The molecule has 18 nitrogen and oxygen atoms in total. The molecule has 4 aromatic rings. The molecule has 2 bridgehead atoms. The number of benzene rings is 2. The number of amides is 5. The van der Waals surface area contributed by atoms with E-state index >= 15 is 0 Å². The van der Waals surface area contributed by atoms with Crippen LogP contribution in [0.2, 0.25) is 5.02 Å². The highest BCUT2D eigenvalue weighted by Gasteiger charge is 2.48. The zero-order valence-electron chi connectivity index (χ0n) is 37.1. The molecule has 2 aromatic heterocycles. The Bertz CT molecular complexity index is 2680. The second-order valence-corrected chi connectivity index (χ2v) is 18.9. The third-order valence-electron chi connectivity index (χ3n) is 14.1. The molecule has 19 heteroatoms. The van der Waals surface area contributed by atoms with Crippen molar-refractivity contribution < 1.29 is 33.4 Å². The van der Waals surface area contributed by atoms with Gasteiger partial charge in [-0.3, -0.25) is 43.9 Å². The molecule has 0 radical (unpaired) electrons. The van der Waals surface area contributed by atoms with E-state index in [4.69, 9.17) is 26.1 Å². The zero-order chi connectivity index (χ0) is 46.0. The van der Waals surface area contributed by atoms with Crippen molar-refractivity contribution in [2.24, 2.45) is 0 Å². The minimum Gasteiger partial charge on any atom is -0.478 e. The maximum atomic E-state index is 13.5. The van der Waals surface area contributed by atoms with E-state index in [0.29, 0.717) is 51.7 Å². The summed E-state index contributed by atoms with van der Waals surface area (Å²) in [6.07, 6.45) is 7.99. The number of hydrogen-bond acceptors (Lipinski definition) is 14. The summed E-state index contributed by atoms with van der Waals surface area (Å²) in [7, 11) is 1.51. The molecule has 1 saturated carbocycles. The highest BCUT2D eigenvalue weighted by atomic mass is 35.5. The number of rotatable bonds is 12. The number of anilines is 4. The average molecular weight is 921 g/mol. The van der Waals surface area contributed by atoms with Crippen LogP contribution in [-0.2, 0) is 19.1 Å². The number of nitrogens with one attached hydrogen (secondary N) is 3. The second-order valence-electron chi connectivity index (χ2n) is 18.5. The lowest BCUT2D eigenvalue weighted by atomic mass is 9.86. The van der Waals surface area contributed by atoms with Gasteiger partial charge in [-0.25, -0.2) is 4.98 Å². The summed E-state index contributed by atoms with van der Waals surface area (Å²) in [5, 5.41) is 9.21. The van der Waals surface area contributed by atoms with Crippen molar-refractivity contribution in [2.75, 3.05) is 55.0 Å². The fraction of sp³-hybridized carbons (Fsp3) is 0.489. The van der Waals surface area contributed by atoms with Gasteiger partial charge in [0, 0.05) is 80.6 Å². The molecule has 1 aliphatic carbocycles. The van der Waals surface area contributed by atoms with E-state index in [1.54, 1.807) is 22.9 Å². The number of likely N-dealkylation sites (tertiary alicyclic amines) is 1. The quantitative estimate of drug-likeness (QED) is 0.171. The predicted octanol–water partition coefficient (Wildman–Crippen LogP) is 4.17. The van der Waals surface area contributed by atoms with Gasteiger partial charge in [-0.1, -0.05) is 11.6 Å². The molecule has 7 heterocycles. The van der Waals surface area contributed by atoms with Gasteiger partial charge in [0.2, 0.25) is 17.8 Å². The van der Waals surface area contributed by atoms with E-state index in [2.05, 4.69) is 35.6 Å². The van der Waals surface area contributed by atoms with E-state index in [-0.39, 0.29) is 54.9 Å². The Morgan fingerprint density at radius 3 is 2.35 bits per heavy atom. The number of aromatic nitrogens is 3. The summed E-state index contributed by atoms with van der Waals surface area (Å²) in [6, 6.07) is 12.7. The van der Waals surface area contributed by atoms with Crippen molar-refractivity contribution in [1.29, 1.82) is 0 Å². The number of carbonyl (C=O) groups excluding carboxylic acids is 5. The van der Waals surface area contributed by atoms with Gasteiger partial charge < -0.3 is 34.5 Å². The Morgan fingerprint density at radius 2 is 1.64 bits per heavy atom. The van der Waals surface area contributed by atoms with Gasteiger partial charge in [-0.15, -0.1) is 0 Å². The summed E-state index contributed by atoms with van der Waals surface area (Å²) in [5.41, 5.74) is 2.67. The van der Waals surface area contributed by atoms with Gasteiger partial charge in [0.1, 0.15) is 11.1 Å². The Labute approximate surface area is 385 Å². The number of hydrogen-bond donors (Lipinski definition) is 3. The van der Waals surface area contributed by atoms with E-state index in [0.717, 1.165) is 86.2 Å². The smallest absolute Gasteiger partial charge is 0.293 e. The first-order valence-corrected chi connectivity index (χ1v) is 23.3. The number of halogens is 1. The van der Waals surface area contributed by atoms with Crippen LogP contribution in [0.1, 0.15) is 92.0 Å². The summed E-state index contributed by atoms with van der Waals surface area (Å²) in [6.45, 7) is 6.90. The number of imide groups is 2. The summed E-state index contributed by atoms with van der Waals surface area (Å²) in [5.74, 6) is -1.18. The number of fused-ring (bicyclic) bond motifs is 4. The number of piperidine rings is 2. The summed E-state index contributed by atoms with van der Waals surface area (Å²) < 4.78 is 13.9. The lowest BCUT2D eigenvalue weighted by Crippen LogP contribution is -2.60. The SMILES string of the molecule is CNC(=O)COc1cc2cc(Nc3nc(N4CCC(OC5CC(N6CC7CCC(C6)N7c6ccc7c(c6)C(=O)N(C6CCC(=O)NC6=O)C7=O)C5)CC4)ncc3Cl)ccc2n(C(C)C)c1=O. The predicted molar refractivity (Wildman–Crippen MR) is 246 cm³/mol. The number of nitrogens with zero attached hydrogens (tertiary/aromatic N) is 7. The molecule has 2 aromatic carbocycles. The van der Waals surface area contributed by atoms with Gasteiger partial charge in [-0.05, 0) is 101 Å². The van der Waals surface area contributed by atoms with Crippen molar-refractivity contribution in [1.82, 2.24) is 35.0 Å². The Morgan fingerprint density at radius 1 is 0.894 bits per heavy atom. The van der Waals surface area contributed by atoms with Crippen molar-refractivity contribution in [2.45, 2.75) is 108 Å². The number of ether oxygens (including phenoxy) is 2. The fourth-order valence-electron chi connectivity index (χ4n) is 10.7. The highest BCUT2D eigenvalue weighted by Crippen LogP contribution is 2.41. The molecule has 5 amide bonds. The van der Waals surface area contributed by atoms with Crippen LogP contribution in [0.4, 0.5) is 23.1 Å². The van der Waals surface area contributed by atoms with Crippen LogP contribution in [0.15, 0.2) is 53.5 Å². The molecule has 5 aliphatic heterocycles. The minimum atomic E-state index is -0.982. The average Bonchev–Trinajstić information content (AvgIpc) is 3.70. The lowest BCUT2D eigenvalue weighted by Gasteiger charge is -2.50. The number of piperazine rings is 1. The molecular formula is C47H53ClN10O8. The molecule has 4 saturated heterocycles. The summed E-state index contributed by atoms with van der Waals surface area (Å²) >= 11 is 6.61. The van der Waals surface area contributed by atoms with Crippen LogP contribution in [0.5, 0.6) is 5.75 Å². The topological polar surface area (TPSA) is 201 Å². The van der Waals surface area contributed by atoms with Crippen LogP contribution < -0.4 is 36.0 Å². The maximum absolute atomic E-state index is 13.5. The minimum absolute atomic E-state index is 0.0870. The monoisotopic (exact) mass is 920 g/mol. The van der Waals surface area contributed by atoms with Gasteiger partial charge in [-0.2, -0.15) is 4.98 Å². The van der Waals surface area contributed by atoms with Crippen molar-refractivity contribution in [3.05, 3.63) is 75.2 Å². The molecule has 3 N–H and O–H groups in total. The first-order chi connectivity index (χ1) is 31.8. The second kappa shape index (κ2) is 17.6. The standard InChI is InChI=1S/C47H53ClN10O8/c1-25(2)56-37-9-4-27(16-26(37)17-39(46(56)64)65-24-41(60)49-3)51-42-36(48)21-50-47(53-42)54-14-12-32(13-15-54)66-33-18-31(19-33)55-22-29-5-6-30(23-55)57(29)28-7-8-34-35(20-28)45(63)58(44(34)62)38-10-11-40(59)52-43(38)61/h4,7-9,16-17,20-21,25,29-33,38H,5-6,10-15,18-19,22-24H2,1-3H3,(H,49,60)(H,50,51,53)(H,52,59,61). The number of pyridine rings is 1. The van der Waals surface area contributed by atoms with E-state index in [1.165, 1.54) is 7.05 Å². The first-order valence-electron chi connectivity index (χ1n) is 22.9. The van der Waals surface area contributed by atoms with Crippen molar-refractivity contribution in [3.63, 3.8) is 0 Å². The van der Waals surface area contributed by atoms with E-state index in [1.807, 2.05) is 44.2 Å². The van der Waals surface area contributed by atoms with Gasteiger partial charge >= 0.3 is 0 Å². The molecule has 3 unspecified atom stereocenters. The van der Waals surface area contributed by atoms with Crippen LogP contribution in [-0.4, -0.2) is 130 Å². The van der Waals surface area contributed by atoms with Gasteiger partial charge in [0.05, 0.1) is 35.0 Å². The van der Waals surface area contributed by atoms with Crippen LogP contribution in [0, 0.1) is 0 Å².